The molecule has 1 saturated carbocycles. The van der Waals surface area contributed by atoms with Gasteiger partial charge in [-0.05, 0) is 25.0 Å². The molecule has 3 rings (SSSR count). The summed E-state index contributed by atoms with van der Waals surface area (Å²) < 4.78 is 5.34. The van der Waals surface area contributed by atoms with Crippen LogP contribution in [-0.2, 0) is 4.79 Å². The van der Waals surface area contributed by atoms with Gasteiger partial charge in [0.15, 0.2) is 6.61 Å². The van der Waals surface area contributed by atoms with Crippen molar-refractivity contribution in [1.82, 2.24) is 9.80 Å². The van der Waals surface area contributed by atoms with Crippen LogP contribution in [0.25, 0.3) is 0 Å². The van der Waals surface area contributed by atoms with Crippen molar-refractivity contribution >= 4 is 11.8 Å². The summed E-state index contributed by atoms with van der Waals surface area (Å²) in [6, 6.07) is 9.31. The van der Waals surface area contributed by atoms with Crippen molar-refractivity contribution in [2.75, 3.05) is 26.2 Å². The number of para-hydroxylation sites is 1. The average molecular weight is 328 g/mol. The molecule has 7 nitrogen and oxygen atoms in total. The molecule has 1 unspecified atom stereocenters. The van der Waals surface area contributed by atoms with Crippen LogP contribution < -0.4 is 10.5 Å². The third-order valence-electron chi connectivity index (χ3n) is 4.36. The number of ether oxygens (including phenoxy) is 1. The number of nitrogens with zero attached hydrogens (tertiary/aromatic N) is 3. The topological polar surface area (TPSA) is 99.7 Å². The lowest BCUT2D eigenvalue weighted by Crippen LogP contribution is -2.54. The first kappa shape index (κ1) is 16.3. The number of hydrogen-bond donors (Lipinski definition) is 1. The SMILES string of the molecule is N#CC1CN(C(=O)c2ccccc2OCC(N)=O)CCN1C1CC1. The van der Waals surface area contributed by atoms with E-state index in [1.807, 2.05) is 0 Å². The number of carbonyl (C=O) groups is 2. The Balaban J connectivity index is 1.72. The van der Waals surface area contributed by atoms with Crippen LogP contribution in [0.4, 0.5) is 0 Å². The summed E-state index contributed by atoms with van der Waals surface area (Å²) in [4.78, 5) is 27.6. The Morgan fingerprint density at radius 2 is 2.04 bits per heavy atom. The smallest absolute Gasteiger partial charge is 0.257 e. The summed E-state index contributed by atoms with van der Waals surface area (Å²) in [5.74, 6) is -0.454. The first-order valence-corrected chi connectivity index (χ1v) is 8.05. The van der Waals surface area contributed by atoms with Crippen LogP contribution >= 0.6 is 0 Å². The molecule has 24 heavy (non-hydrogen) atoms. The fourth-order valence-electron chi connectivity index (χ4n) is 3.03. The maximum atomic E-state index is 12.8. The van der Waals surface area contributed by atoms with Crippen LogP contribution in [0.5, 0.6) is 5.75 Å². The van der Waals surface area contributed by atoms with Crippen LogP contribution in [-0.4, -0.2) is 59.9 Å². The number of hydrogen-bond acceptors (Lipinski definition) is 5. The van der Waals surface area contributed by atoms with E-state index in [9.17, 15) is 14.9 Å². The standard InChI is InChI=1S/C17H20N4O3/c18-9-13-10-20(7-8-21(13)12-5-6-12)17(23)14-3-1-2-4-15(14)24-11-16(19)22/h1-4,12-13H,5-8,10-11H2,(H2,19,22). The molecule has 1 aromatic carbocycles. The highest BCUT2D eigenvalue weighted by Gasteiger charge is 2.38. The minimum Gasteiger partial charge on any atom is -0.483 e. The molecule has 0 bridgehead atoms. The van der Waals surface area contributed by atoms with Crippen LogP contribution in [0.3, 0.4) is 0 Å². The van der Waals surface area contributed by atoms with E-state index in [2.05, 4.69) is 11.0 Å². The number of primary amides is 1. The minimum absolute atomic E-state index is 0.189. The van der Waals surface area contributed by atoms with E-state index < -0.39 is 5.91 Å². The molecule has 0 radical (unpaired) electrons. The van der Waals surface area contributed by atoms with Gasteiger partial charge in [0.25, 0.3) is 11.8 Å². The Labute approximate surface area is 140 Å². The number of nitrogens with two attached hydrogens (primary N) is 1. The van der Waals surface area contributed by atoms with Crippen molar-refractivity contribution < 1.29 is 14.3 Å². The third-order valence-corrected chi connectivity index (χ3v) is 4.36. The second-order valence-corrected chi connectivity index (χ2v) is 6.12. The van der Waals surface area contributed by atoms with Crippen molar-refractivity contribution in [2.24, 2.45) is 5.73 Å². The number of carbonyl (C=O) groups excluding carboxylic acids is 2. The lowest BCUT2D eigenvalue weighted by atomic mass is 10.1. The number of piperazine rings is 1. The van der Waals surface area contributed by atoms with E-state index in [4.69, 9.17) is 10.5 Å². The molecule has 2 N–H and O–H groups in total. The van der Waals surface area contributed by atoms with Gasteiger partial charge in [-0.3, -0.25) is 14.5 Å². The quantitative estimate of drug-likeness (QED) is 0.841. The third kappa shape index (κ3) is 3.49. The van der Waals surface area contributed by atoms with E-state index in [-0.39, 0.29) is 18.6 Å². The Hall–Kier alpha value is -2.59. The van der Waals surface area contributed by atoms with Crippen molar-refractivity contribution in [3.05, 3.63) is 29.8 Å². The van der Waals surface area contributed by atoms with Crippen molar-refractivity contribution in [1.29, 1.82) is 5.26 Å². The molecule has 2 aliphatic rings. The van der Waals surface area contributed by atoms with E-state index in [0.29, 0.717) is 37.0 Å². The highest BCUT2D eigenvalue weighted by atomic mass is 16.5. The second-order valence-electron chi connectivity index (χ2n) is 6.12. The zero-order valence-corrected chi connectivity index (χ0v) is 13.4. The van der Waals surface area contributed by atoms with Crippen LogP contribution in [0.15, 0.2) is 24.3 Å². The summed E-state index contributed by atoms with van der Waals surface area (Å²) in [5, 5.41) is 9.40. The Kier molecular flexibility index (Phi) is 4.67. The number of amides is 2. The second kappa shape index (κ2) is 6.89. The number of rotatable bonds is 5. The Morgan fingerprint density at radius 3 is 2.71 bits per heavy atom. The van der Waals surface area contributed by atoms with Gasteiger partial charge in [-0.1, -0.05) is 12.1 Å². The maximum absolute atomic E-state index is 12.8. The molecule has 1 atom stereocenters. The molecular weight excluding hydrogens is 308 g/mol. The molecule has 7 heteroatoms. The van der Waals surface area contributed by atoms with Crippen LogP contribution in [0.2, 0.25) is 0 Å². The van der Waals surface area contributed by atoms with Crippen LogP contribution in [0.1, 0.15) is 23.2 Å². The van der Waals surface area contributed by atoms with Gasteiger partial charge in [-0.25, -0.2) is 0 Å². The summed E-state index contributed by atoms with van der Waals surface area (Å²) in [5.41, 5.74) is 5.48. The van der Waals surface area contributed by atoms with Gasteiger partial charge >= 0.3 is 0 Å². The van der Waals surface area contributed by atoms with E-state index in [1.54, 1.807) is 29.2 Å². The zero-order chi connectivity index (χ0) is 17.1. The summed E-state index contributed by atoms with van der Waals surface area (Å²) in [6.45, 7) is 1.40. The van der Waals surface area contributed by atoms with Gasteiger partial charge in [0.05, 0.1) is 11.6 Å². The molecule has 0 spiro atoms. The first-order valence-electron chi connectivity index (χ1n) is 8.05. The summed E-state index contributed by atoms with van der Waals surface area (Å²) in [7, 11) is 0. The first-order chi connectivity index (χ1) is 11.6. The minimum atomic E-state index is -0.597. The van der Waals surface area contributed by atoms with E-state index in [1.165, 1.54) is 0 Å². The molecular formula is C17H20N4O3. The number of benzene rings is 1. The Morgan fingerprint density at radius 1 is 1.29 bits per heavy atom. The highest BCUT2D eigenvalue weighted by Crippen LogP contribution is 2.30. The van der Waals surface area contributed by atoms with Gasteiger partial charge in [0, 0.05) is 25.7 Å². The number of nitriles is 1. The summed E-state index contributed by atoms with van der Waals surface area (Å²) in [6.07, 6.45) is 2.27. The monoisotopic (exact) mass is 328 g/mol. The fourth-order valence-corrected chi connectivity index (χ4v) is 3.03. The summed E-state index contributed by atoms with van der Waals surface area (Å²) >= 11 is 0. The molecule has 0 aromatic heterocycles. The molecule has 1 saturated heterocycles. The van der Waals surface area contributed by atoms with Gasteiger partial charge in [-0.15, -0.1) is 0 Å². The molecule has 126 valence electrons. The lowest BCUT2D eigenvalue weighted by Gasteiger charge is -2.38. The predicted octanol–water partition coefficient (Wildman–Crippen LogP) is 0.363. The largest absolute Gasteiger partial charge is 0.483 e. The molecule has 1 heterocycles. The van der Waals surface area contributed by atoms with Gasteiger partial charge < -0.3 is 15.4 Å². The molecule has 2 amide bonds. The zero-order valence-electron chi connectivity index (χ0n) is 13.4. The molecule has 2 fully saturated rings. The fraction of sp³-hybridized carbons (Fsp3) is 0.471. The average Bonchev–Trinajstić information content (AvgIpc) is 3.44. The highest BCUT2D eigenvalue weighted by molar-refractivity contribution is 5.97. The van der Waals surface area contributed by atoms with Crippen LogP contribution in [0, 0.1) is 11.3 Å². The van der Waals surface area contributed by atoms with Crippen molar-refractivity contribution in [3.8, 4) is 11.8 Å². The van der Waals surface area contributed by atoms with Gasteiger partial charge in [0.2, 0.25) is 0 Å². The van der Waals surface area contributed by atoms with Gasteiger partial charge in [-0.2, -0.15) is 5.26 Å². The normalized spacial score (nSPS) is 21.1. The predicted molar refractivity (Wildman–Crippen MR) is 86.2 cm³/mol. The molecule has 1 aliphatic heterocycles. The van der Waals surface area contributed by atoms with E-state index in [0.717, 1.165) is 12.8 Å². The van der Waals surface area contributed by atoms with Crippen molar-refractivity contribution in [3.63, 3.8) is 0 Å². The van der Waals surface area contributed by atoms with Crippen molar-refractivity contribution in [2.45, 2.75) is 24.9 Å². The maximum Gasteiger partial charge on any atom is 0.257 e. The Bertz CT molecular complexity index is 681. The molecule has 1 aromatic rings. The van der Waals surface area contributed by atoms with Gasteiger partial charge in [0.1, 0.15) is 11.8 Å². The lowest BCUT2D eigenvalue weighted by molar-refractivity contribution is -0.119. The van der Waals surface area contributed by atoms with E-state index >= 15 is 0 Å². The molecule has 1 aliphatic carbocycles.